The van der Waals surface area contributed by atoms with Gasteiger partial charge in [-0.3, -0.25) is 14.5 Å². The summed E-state index contributed by atoms with van der Waals surface area (Å²) in [5, 5.41) is 12.1. The highest BCUT2D eigenvalue weighted by Crippen LogP contribution is 2.20. The van der Waals surface area contributed by atoms with Gasteiger partial charge in [0.25, 0.3) is 5.24 Å². The van der Waals surface area contributed by atoms with Crippen LogP contribution in [0.5, 0.6) is 0 Å². The van der Waals surface area contributed by atoms with Gasteiger partial charge < -0.3 is 10.4 Å². The van der Waals surface area contributed by atoms with Gasteiger partial charge in [0.1, 0.15) is 0 Å². The molecule has 2 fully saturated rings. The quantitative estimate of drug-likeness (QED) is 0.645. The Hall–Kier alpha value is -0.590. The zero-order chi connectivity index (χ0) is 10.1. The van der Waals surface area contributed by atoms with Gasteiger partial charge in [0.2, 0.25) is 5.91 Å². The highest BCUT2D eigenvalue weighted by atomic mass is 32.2. The van der Waals surface area contributed by atoms with Crippen LogP contribution in [0.15, 0.2) is 0 Å². The average molecular weight is 216 g/mol. The minimum Gasteiger partial charge on any atom is -0.392 e. The molecule has 0 bridgehead atoms. The van der Waals surface area contributed by atoms with E-state index in [0.29, 0.717) is 19.5 Å². The van der Waals surface area contributed by atoms with Crippen LogP contribution in [0.2, 0.25) is 0 Å². The molecule has 14 heavy (non-hydrogen) atoms. The first-order valence-corrected chi connectivity index (χ1v) is 5.54. The monoisotopic (exact) mass is 216 g/mol. The molecular formula is C8H12N2O3S. The number of hydrogen-bond acceptors (Lipinski definition) is 5. The van der Waals surface area contributed by atoms with Crippen molar-refractivity contribution < 1.29 is 14.7 Å². The smallest absolute Gasteiger partial charge is 0.288 e. The van der Waals surface area contributed by atoms with Crippen LogP contribution in [0, 0.1) is 0 Å². The van der Waals surface area contributed by atoms with Gasteiger partial charge in [0.15, 0.2) is 0 Å². The lowest BCUT2D eigenvalue weighted by Crippen LogP contribution is -2.40. The molecule has 0 aromatic heterocycles. The fourth-order valence-corrected chi connectivity index (χ4v) is 2.45. The summed E-state index contributed by atoms with van der Waals surface area (Å²) in [6.45, 7) is 0.940. The molecule has 5 nitrogen and oxygen atoms in total. The predicted molar refractivity (Wildman–Crippen MR) is 52.0 cm³/mol. The largest absolute Gasteiger partial charge is 0.392 e. The van der Waals surface area contributed by atoms with Crippen LogP contribution >= 0.6 is 11.8 Å². The van der Waals surface area contributed by atoms with E-state index in [-0.39, 0.29) is 29.0 Å². The molecular weight excluding hydrogens is 204 g/mol. The summed E-state index contributed by atoms with van der Waals surface area (Å²) in [6, 6.07) is 0.0524. The number of hydrogen-bond donors (Lipinski definition) is 2. The lowest BCUT2D eigenvalue weighted by Gasteiger charge is -2.17. The van der Waals surface area contributed by atoms with Crippen molar-refractivity contribution in [1.82, 2.24) is 10.2 Å². The van der Waals surface area contributed by atoms with Gasteiger partial charge >= 0.3 is 0 Å². The van der Waals surface area contributed by atoms with Crippen LogP contribution in [0.25, 0.3) is 0 Å². The Kier molecular flexibility index (Phi) is 2.76. The number of nitrogens with one attached hydrogen (secondary N) is 1. The molecule has 2 saturated heterocycles. The number of aliphatic hydroxyl groups is 1. The molecule has 2 rings (SSSR count). The molecule has 2 aliphatic heterocycles. The van der Waals surface area contributed by atoms with Gasteiger partial charge in [-0.05, 0) is 6.42 Å². The number of nitrogens with zero attached hydrogens (tertiary/aromatic N) is 1. The van der Waals surface area contributed by atoms with E-state index in [4.69, 9.17) is 0 Å². The maximum Gasteiger partial charge on any atom is 0.288 e. The highest BCUT2D eigenvalue weighted by Gasteiger charge is 2.33. The first-order valence-electron chi connectivity index (χ1n) is 4.55. The maximum atomic E-state index is 11.2. The molecule has 2 aliphatic rings. The molecule has 0 aromatic rings. The lowest BCUT2D eigenvalue weighted by molar-refractivity contribution is -0.124. The Morgan fingerprint density at radius 3 is 2.86 bits per heavy atom. The number of aliphatic hydroxyl groups excluding tert-OH is 1. The van der Waals surface area contributed by atoms with Crippen molar-refractivity contribution >= 4 is 22.9 Å². The first-order chi connectivity index (χ1) is 6.66. The molecule has 78 valence electrons. The molecule has 6 heteroatoms. The van der Waals surface area contributed by atoms with Crippen molar-refractivity contribution in [2.75, 3.05) is 18.8 Å². The first kappa shape index (κ1) is 9.95. The Morgan fingerprint density at radius 2 is 2.36 bits per heavy atom. The maximum absolute atomic E-state index is 11.2. The normalized spacial score (nSPS) is 33.1. The SMILES string of the molecule is O=C1CSC(=O)N1C[C@@H]1C[C@@H](O)CN1. The van der Waals surface area contributed by atoms with Gasteiger partial charge in [0.05, 0.1) is 11.9 Å². The van der Waals surface area contributed by atoms with Crippen molar-refractivity contribution in [3.63, 3.8) is 0 Å². The summed E-state index contributed by atoms with van der Waals surface area (Å²) < 4.78 is 0. The van der Waals surface area contributed by atoms with E-state index < -0.39 is 0 Å². The van der Waals surface area contributed by atoms with E-state index in [1.54, 1.807) is 0 Å². The van der Waals surface area contributed by atoms with E-state index in [9.17, 15) is 14.7 Å². The third kappa shape index (κ3) is 1.92. The van der Waals surface area contributed by atoms with Gasteiger partial charge in [-0.25, -0.2) is 0 Å². The van der Waals surface area contributed by atoms with Crippen LogP contribution in [0.3, 0.4) is 0 Å². The van der Waals surface area contributed by atoms with Gasteiger partial charge in [-0.15, -0.1) is 0 Å². The van der Waals surface area contributed by atoms with E-state index >= 15 is 0 Å². The molecule has 0 radical (unpaired) electrons. The van der Waals surface area contributed by atoms with E-state index in [2.05, 4.69) is 5.32 Å². The summed E-state index contributed by atoms with van der Waals surface area (Å²) >= 11 is 1.04. The number of amides is 2. The summed E-state index contributed by atoms with van der Waals surface area (Å²) in [7, 11) is 0. The van der Waals surface area contributed by atoms with E-state index in [0.717, 1.165) is 11.8 Å². The van der Waals surface area contributed by atoms with Crippen LogP contribution in [0.1, 0.15) is 6.42 Å². The summed E-state index contributed by atoms with van der Waals surface area (Å²) in [4.78, 5) is 23.7. The number of thioether (sulfide) groups is 1. The summed E-state index contributed by atoms with van der Waals surface area (Å²) in [5.41, 5.74) is 0. The van der Waals surface area contributed by atoms with Crippen LogP contribution in [0.4, 0.5) is 4.79 Å². The molecule has 2 heterocycles. The zero-order valence-corrected chi connectivity index (χ0v) is 8.42. The molecule has 0 aliphatic carbocycles. The zero-order valence-electron chi connectivity index (χ0n) is 7.60. The Morgan fingerprint density at radius 1 is 1.57 bits per heavy atom. The number of carbonyl (C=O) groups excluding carboxylic acids is 2. The van der Waals surface area contributed by atoms with Crippen LogP contribution in [-0.2, 0) is 4.79 Å². The van der Waals surface area contributed by atoms with Gasteiger partial charge in [-0.1, -0.05) is 11.8 Å². The Balaban J connectivity index is 1.90. The summed E-state index contributed by atoms with van der Waals surface area (Å²) in [6.07, 6.45) is 0.266. The number of carbonyl (C=O) groups is 2. The molecule has 2 N–H and O–H groups in total. The van der Waals surface area contributed by atoms with Crippen LogP contribution in [-0.4, -0.2) is 52.1 Å². The average Bonchev–Trinajstić information content (AvgIpc) is 2.67. The molecule has 2 amide bonds. The molecule has 0 aromatic carbocycles. The molecule has 0 unspecified atom stereocenters. The van der Waals surface area contributed by atoms with Crippen molar-refractivity contribution in [2.24, 2.45) is 0 Å². The highest BCUT2D eigenvalue weighted by molar-refractivity contribution is 8.14. The molecule has 0 saturated carbocycles. The van der Waals surface area contributed by atoms with Crippen molar-refractivity contribution in [2.45, 2.75) is 18.6 Å². The standard InChI is InChI=1S/C8H12N2O3S/c11-6-1-5(9-2-6)3-10-7(12)4-14-8(10)13/h5-6,9,11H,1-4H2/t5-,6+/m0/s1. The second kappa shape index (κ2) is 3.88. The van der Waals surface area contributed by atoms with E-state index in [1.165, 1.54) is 4.90 Å². The minimum atomic E-state index is -0.347. The van der Waals surface area contributed by atoms with Crippen molar-refractivity contribution in [3.05, 3.63) is 0 Å². The third-order valence-corrected chi connectivity index (χ3v) is 3.30. The number of imide groups is 1. The fourth-order valence-electron chi connectivity index (χ4n) is 1.71. The topological polar surface area (TPSA) is 69.6 Å². The number of rotatable bonds is 2. The predicted octanol–water partition coefficient (Wildman–Crippen LogP) is -0.595. The third-order valence-electron chi connectivity index (χ3n) is 2.44. The Labute approximate surface area is 85.8 Å². The molecule has 0 spiro atoms. The van der Waals surface area contributed by atoms with Crippen molar-refractivity contribution in [1.29, 1.82) is 0 Å². The second-order valence-corrected chi connectivity index (χ2v) is 4.48. The second-order valence-electron chi connectivity index (χ2n) is 3.55. The summed E-state index contributed by atoms with van der Waals surface area (Å²) in [5.74, 6) is 0.136. The van der Waals surface area contributed by atoms with Crippen LogP contribution < -0.4 is 5.32 Å². The minimum absolute atomic E-state index is 0.0524. The lowest BCUT2D eigenvalue weighted by atomic mass is 10.2. The van der Waals surface area contributed by atoms with Gasteiger partial charge in [-0.2, -0.15) is 0 Å². The van der Waals surface area contributed by atoms with Gasteiger partial charge in [0, 0.05) is 19.1 Å². The fraction of sp³-hybridized carbons (Fsp3) is 0.750. The number of β-amino-alcohol motifs (C(OH)–C–C–N with tert-alkyl or cyclic N) is 1. The molecule has 2 atom stereocenters. The Bertz CT molecular complexity index is 255. The van der Waals surface area contributed by atoms with Crippen molar-refractivity contribution in [3.8, 4) is 0 Å². The van der Waals surface area contributed by atoms with E-state index in [1.807, 2.05) is 0 Å².